The number of fused-ring (bicyclic) bond motifs is 6. The number of para-hydroxylation sites is 1. The van der Waals surface area contributed by atoms with E-state index in [2.05, 4.69) is 49.0 Å². The average molecular weight is 497 g/mol. The highest BCUT2D eigenvalue weighted by Gasteiger charge is 2.19. The van der Waals surface area contributed by atoms with Gasteiger partial charge in [-0.05, 0) is 41.1 Å². The van der Waals surface area contributed by atoms with E-state index in [1.807, 2.05) is 24.3 Å². The van der Waals surface area contributed by atoms with Crippen molar-refractivity contribution in [2.75, 3.05) is 0 Å². The third-order valence-electron chi connectivity index (χ3n) is 4.84. The Morgan fingerprint density at radius 2 is 1.50 bits per heavy atom. The van der Waals surface area contributed by atoms with Gasteiger partial charge >= 0.3 is 0 Å². The van der Waals surface area contributed by atoms with E-state index in [0.29, 0.717) is 11.4 Å². The van der Waals surface area contributed by atoms with Crippen LogP contribution in [0.25, 0.3) is 44.0 Å². The van der Waals surface area contributed by atoms with Crippen LogP contribution < -0.4 is 0 Å². The van der Waals surface area contributed by atoms with E-state index >= 15 is 0 Å². The molecule has 5 rings (SSSR count). The largest absolute Gasteiger partial charge is 0.337 e. The molecule has 0 aliphatic carbocycles. The van der Waals surface area contributed by atoms with Crippen LogP contribution in [-0.4, -0.2) is 14.9 Å². The second kappa shape index (κ2) is 6.39. The highest BCUT2D eigenvalue weighted by molar-refractivity contribution is 9.10. The number of rotatable bonds is 2. The SMILES string of the molecule is O=[N+]([O-])c1ccccc1-c1nc2c3ccc(Br)cc3c3cc(Br)ccc3c2[nH]1. The zero-order chi connectivity index (χ0) is 19.4. The van der Waals surface area contributed by atoms with Crippen LogP contribution in [0.5, 0.6) is 0 Å². The van der Waals surface area contributed by atoms with Gasteiger partial charge in [0.15, 0.2) is 0 Å². The molecule has 0 amide bonds. The van der Waals surface area contributed by atoms with E-state index in [-0.39, 0.29) is 10.6 Å². The van der Waals surface area contributed by atoms with E-state index < -0.39 is 0 Å². The predicted molar refractivity (Wildman–Crippen MR) is 119 cm³/mol. The van der Waals surface area contributed by atoms with E-state index in [1.165, 1.54) is 6.07 Å². The Hall–Kier alpha value is -2.77. The van der Waals surface area contributed by atoms with Gasteiger partial charge in [-0.1, -0.05) is 56.1 Å². The van der Waals surface area contributed by atoms with Crippen molar-refractivity contribution < 1.29 is 4.92 Å². The summed E-state index contributed by atoms with van der Waals surface area (Å²) in [5, 5.41) is 15.6. The summed E-state index contributed by atoms with van der Waals surface area (Å²) in [5.41, 5.74) is 2.16. The molecule has 0 atom stereocenters. The number of nitro groups is 1. The summed E-state index contributed by atoms with van der Waals surface area (Å²) in [7, 11) is 0. The van der Waals surface area contributed by atoms with Crippen LogP contribution in [0.3, 0.4) is 0 Å². The lowest BCUT2D eigenvalue weighted by atomic mass is 10.0. The number of hydrogen-bond acceptors (Lipinski definition) is 3. The maximum atomic E-state index is 11.5. The molecular formula is C21H11Br2N3O2. The summed E-state index contributed by atoms with van der Waals surface area (Å²) in [4.78, 5) is 19.2. The van der Waals surface area contributed by atoms with Gasteiger partial charge in [-0.15, -0.1) is 0 Å². The minimum atomic E-state index is -0.382. The second-order valence-corrected chi connectivity index (χ2v) is 8.29. The van der Waals surface area contributed by atoms with Crippen LogP contribution in [0, 0.1) is 10.1 Å². The van der Waals surface area contributed by atoms with Crippen molar-refractivity contribution in [1.82, 2.24) is 9.97 Å². The molecule has 0 bridgehead atoms. The number of benzene rings is 4. The molecule has 0 saturated heterocycles. The van der Waals surface area contributed by atoms with Gasteiger partial charge in [0.25, 0.3) is 5.69 Å². The van der Waals surface area contributed by atoms with Crippen molar-refractivity contribution in [3.8, 4) is 11.4 Å². The van der Waals surface area contributed by atoms with E-state index in [9.17, 15) is 10.1 Å². The van der Waals surface area contributed by atoms with E-state index in [0.717, 1.165) is 41.5 Å². The molecule has 136 valence electrons. The third kappa shape index (κ3) is 2.62. The lowest BCUT2D eigenvalue weighted by Gasteiger charge is -2.07. The molecule has 0 saturated carbocycles. The molecule has 5 nitrogen and oxygen atoms in total. The molecule has 7 heteroatoms. The predicted octanol–water partition coefficient (Wildman–Crippen LogP) is 6.97. The van der Waals surface area contributed by atoms with Gasteiger partial charge in [0.1, 0.15) is 5.82 Å². The minimum absolute atomic E-state index is 0.0284. The molecule has 4 aromatic carbocycles. The second-order valence-electron chi connectivity index (χ2n) is 6.46. The maximum Gasteiger partial charge on any atom is 0.280 e. The Labute approximate surface area is 175 Å². The fraction of sp³-hybridized carbons (Fsp3) is 0. The summed E-state index contributed by atoms with van der Waals surface area (Å²) < 4.78 is 1.97. The van der Waals surface area contributed by atoms with Crippen molar-refractivity contribution in [2.24, 2.45) is 0 Å². The van der Waals surface area contributed by atoms with Crippen molar-refractivity contribution in [3.63, 3.8) is 0 Å². The smallest absolute Gasteiger partial charge is 0.280 e. The molecule has 5 aromatic rings. The van der Waals surface area contributed by atoms with Gasteiger partial charge in [-0.2, -0.15) is 0 Å². The Balaban J connectivity index is 1.94. The zero-order valence-electron chi connectivity index (χ0n) is 14.2. The van der Waals surface area contributed by atoms with E-state index in [1.54, 1.807) is 18.2 Å². The highest BCUT2D eigenvalue weighted by Crippen LogP contribution is 2.38. The molecular weight excluding hydrogens is 486 g/mol. The van der Waals surface area contributed by atoms with Gasteiger partial charge < -0.3 is 4.98 Å². The fourth-order valence-electron chi connectivity index (χ4n) is 3.63. The van der Waals surface area contributed by atoms with Crippen molar-refractivity contribution in [3.05, 3.63) is 79.7 Å². The van der Waals surface area contributed by atoms with Gasteiger partial charge in [-0.3, -0.25) is 10.1 Å². The van der Waals surface area contributed by atoms with Crippen LogP contribution >= 0.6 is 31.9 Å². The zero-order valence-corrected chi connectivity index (χ0v) is 17.4. The van der Waals surface area contributed by atoms with Crippen molar-refractivity contribution in [1.29, 1.82) is 0 Å². The molecule has 0 aliphatic rings. The van der Waals surface area contributed by atoms with Crippen LogP contribution in [0.1, 0.15) is 0 Å². The number of imidazole rings is 1. The molecule has 0 spiro atoms. The summed E-state index contributed by atoms with van der Waals surface area (Å²) in [6.45, 7) is 0. The number of hydrogen-bond donors (Lipinski definition) is 1. The summed E-state index contributed by atoms with van der Waals surface area (Å²) >= 11 is 7.11. The first kappa shape index (κ1) is 17.3. The van der Waals surface area contributed by atoms with Gasteiger partial charge in [0.05, 0.1) is 21.5 Å². The first-order valence-electron chi connectivity index (χ1n) is 8.47. The molecule has 0 fully saturated rings. The molecule has 1 heterocycles. The molecule has 1 aromatic heterocycles. The maximum absolute atomic E-state index is 11.5. The molecule has 0 unspecified atom stereocenters. The highest BCUT2D eigenvalue weighted by atomic mass is 79.9. The minimum Gasteiger partial charge on any atom is -0.337 e. The van der Waals surface area contributed by atoms with Gasteiger partial charge in [-0.25, -0.2) is 4.98 Å². The normalized spacial score (nSPS) is 11.5. The number of halogens is 2. The summed E-state index contributed by atoms with van der Waals surface area (Å²) in [6.07, 6.45) is 0. The first-order chi connectivity index (χ1) is 13.5. The van der Waals surface area contributed by atoms with Crippen LogP contribution in [-0.2, 0) is 0 Å². The molecule has 0 radical (unpaired) electrons. The number of nitro benzene ring substituents is 1. The number of aromatic amines is 1. The third-order valence-corrected chi connectivity index (χ3v) is 5.82. The van der Waals surface area contributed by atoms with Gasteiger partial charge in [0.2, 0.25) is 0 Å². The standard InChI is InChI=1S/C21H11Br2N3O2/c22-11-5-7-13-16(9-11)17-10-12(23)6-8-14(17)20-19(13)24-21(25-20)15-3-1-2-4-18(15)26(27)28/h1-10H,(H,24,25). The Morgan fingerprint density at radius 1 is 0.857 bits per heavy atom. The quantitative estimate of drug-likeness (QED) is 0.163. The van der Waals surface area contributed by atoms with Gasteiger partial charge in [0, 0.05) is 25.8 Å². The Bertz CT molecular complexity index is 1350. The molecule has 1 N–H and O–H groups in total. The first-order valence-corrected chi connectivity index (χ1v) is 10.1. The lowest BCUT2D eigenvalue weighted by molar-refractivity contribution is -0.384. The fourth-order valence-corrected chi connectivity index (χ4v) is 4.35. The monoisotopic (exact) mass is 495 g/mol. The van der Waals surface area contributed by atoms with Crippen molar-refractivity contribution >= 4 is 70.1 Å². The molecule has 28 heavy (non-hydrogen) atoms. The van der Waals surface area contributed by atoms with E-state index in [4.69, 9.17) is 4.98 Å². The lowest BCUT2D eigenvalue weighted by Crippen LogP contribution is -1.92. The molecule has 0 aliphatic heterocycles. The van der Waals surface area contributed by atoms with Crippen LogP contribution in [0.15, 0.2) is 69.6 Å². The van der Waals surface area contributed by atoms with Crippen molar-refractivity contribution in [2.45, 2.75) is 0 Å². The number of nitrogens with zero attached hydrogens (tertiary/aromatic N) is 2. The summed E-state index contributed by atoms with van der Waals surface area (Å²) in [6, 6.07) is 18.8. The topological polar surface area (TPSA) is 71.8 Å². The van der Waals surface area contributed by atoms with Crippen LogP contribution in [0.2, 0.25) is 0 Å². The average Bonchev–Trinajstić information content (AvgIpc) is 3.13. The number of H-pyrrole nitrogens is 1. The summed E-state index contributed by atoms with van der Waals surface area (Å²) in [5.74, 6) is 0.488. The number of aromatic nitrogens is 2. The van der Waals surface area contributed by atoms with Crippen LogP contribution in [0.4, 0.5) is 5.69 Å². The Morgan fingerprint density at radius 3 is 2.21 bits per heavy atom. The number of nitrogens with one attached hydrogen (secondary N) is 1. The Kier molecular flexibility index (Phi) is 3.96.